The number of carboxylic acid groups (broad SMARTS) is 1. The summed E-state index contributed by atoms with van der Waals surface area (Å²) in [6.07, 6.45) is 0.829. The van der Waals surface area contributed by atoms with Gasteiger partial charge in [0.1, 0.15) is 0 Å². The highest BCUT2D eigenvalue weighted by Crippen LogP contribution is 2.30. The molecule has 0 amide bonds. The summed E-state index contributed by atoms with van der Waals surface area (Å²) >= 11 is 1.89. The smallest absolute Gasteiger partial charge is 0.336 e. The first kappa shape index (κ1) is 15.7. The third-order valence-corrected chi connectivity index (χ3v) is 6.42. The van der Waals surface area contributed by atoms with Crippen molar-refractivity contribution in [1.29, 1.82) is 0 Å². The average molecular weight is 409 g/mol. The van der Waals surface area contributed by atoms with Gasteiger partial charge in [-0.2, -0.15) is 4.31 Å². The van der Waals surface area contributed by atoms with Crippen LogP contribution in [0.25, 0.3) is 0 Å². The number of rotatable bonds is 3. The summed E-state index contributed by atoms with van der Waals surface area (Å²) < 4.78 is 27.2. The molecule has 1 aromatic rings. The molecule has 1 aliphatic rings. The molecule has 1 N–H and O–H groups in total. The summed E-state index contributed by atoms with van der Waals surface area (Å²) in [5.41, 5.74) is 0.0200. The third-order valence-electron chi connectivity index (χ3n) is 3.50. The van der Waals surface area contributed by atoms with Gasteiger partial charge >= 0.3 is 5.97 Å². The summed E-state index contributed by atoms with van der Waals surface area (Å²) in [6, 6.07) is 4.19. The summed E-state index contributed by atoms with van der Waals surface area (Å²) in [7, 11) is -3.63. The summed E-state index contributed by atoms with van der Waals surface area (Å²) in [5, 5.41) is 9.10. The van der Waals surface area contributed by atoms with Gasteiger partial charge in [0.15, 0.2) is 0 Å². The molecular weight excluding hydrogens is 393 g/mol. The molecule has 2 rings (SSSR count). The summed E-state index contributed by atoms with van der Waals surface area (Å²) in [6.45, 7) is 4.38. The maximum atomic E-state index is 12.6. The lowest BCUT2D eigenvalue weighted by Gasteiger charge is -2.21. The minimum absolute atomic E-state index is 0.0200. The van der Waals surface area contributed by atoms with Crippen LogP contribution in [0.2, 0.25) is 0 Å². The van der Waals surface area contributed by atoms with Crippen LogP contribution in [0.1, 0.15) is 30.6 Å². The van der Waals surface area contributed by atoms with Crippen LogP contribution in [0.15, 0.2) is 23.1 Å². The summed E-state index contributed by atoms with van der Waals surface area (Å²) in [4.78, 5) is 11.2. The predicted octanol–water partition coefficient (Wildman–Crippen LogP) is 2.41. The Labute approximate surface area is 132 Å². The number of sulfonamides is 1. The molecule has 0 bridgehead atoms. The zero-order chi connectivity index (χ0) is 15.1. The average Bonchev–Trinajstić information content (AvgIpc) is 2.69. The van der Waals surface area contributed by atoms with E-state index >= 15 is 0 Å². The summed E-state index contributed by atoms with van der Waals surface area (Å²) in [5.74, 6) is -0.795. The van der Waals surface area contributed by atoms with Crippen molar-refractivity contribution in [3.63, 3.8) is 0 Å². The van der Waals surface area contributed by atoms with E-state index in [0.717, 1.165) is 6.42 Å². The van der Waals surface area contributed by atoms with E-state index in [1.165, 1.54) is 22.5 Å². The van der Waals surface area contributed by atoms with E-state index in [2.05, 4.69) is 0 Å². The number of carboxylic acids is 1. The standard InChI is InChI=1S/C13H16INO4S/c1-8-5-9(2)15(7-8)20(18,19)10-3-4-12(14)11(6-10)13(16)17/h3-4,6,8-9H,5,7H2,1-2H3,(H,16,17). The molecule has 1 aromatic carbocycles. The molecule has 1 fully saturated rings. The molecule has 2 unspecified atom stereocenters. The molecule has 1 heterocycles. The Morgan fingerprint density at radius 1 is 1.40 bits per heavy atom. The van der Waals surface area contributed by atoms with E-state index in [4.69, 9.17) is 5.11 Å². The monoisotopic (exact) mass is 409 g/mol. The first-order chi connectivity index (χ1) is 9.23. The molecular formula is C13H16INO4S. The quantitative estimate of drug-likeness (QED) is 0.779. The van der Waals surface area contributed by atoms with E-state index < -0.39 is 16.0 Å². The lowest BCUT2D eigenvalue weighted by molar-refractivity contribution is 0.0695. The topological polar surface area (TPSA) is 74.7 Å². The van der Waals surface area contributed by atoms with Crippen LogP contribution < -0.4 is 0 Å². The lowest BCUT2D eigenvalue weighted by Crippen LogP contribution is -2.34. The maximum Gasteiger partial charge on any atom is 0.336 e. The second-order valence-corrected chi connectivity index (χ2v) is 8.26. The fraction of sp³-hybridized carbons (Fsp3) is 0.462. The first-order valence-corrected chi connectivity index (χ1v) is 8.80. The van der Waals surface area contributed by atoms with Crippen molar-refractivity contribution in [2.75, 3.05) is 6.54 Å². The van der Waals surface area contributed by atoms with Crippen molar-refractivity contribution in [2.24, 2.45) is 5.92 Å². The zero-order valence-electron chi connectivity index (χ0n) is 11.2. The minimum Gasteiger partial charge on any atom is -0.478 e. The van der Waals surface area contributed by atoms with Gasteiger partial charge in [0.05, 0.1) is 10.5 Å². The number of halogens is 1. The number of aromatic carboxylic acids is 1. The van der Waals surface area contributed by atoms with Crippen LogP contribution in [0.5, 0.6) is 0 Å². The fourth-order valence-corrected chi connectivity index (χ4v) is 4.92. The van der Waals surface area contributed by atoms with Gasteiger partial charge in [-0.15, -0.1) is 0 Å². The van der Waals surface area contributed by atoms with Crippen LogP contribution in [-0.2, 0) is 10.0 Å². The van der Waals surface area contributed by atoms with Crippen LogP contribution in [0.4, 0.5) is 0 Å². The van der Waals surface area contributed by atoms with Crippen molar-refractivity contribution >= 4 is 38.6 Å². The molecule has 0 aromatic heterocycles. The van der Waals surface area contributed by atoms with E-state index in [0.29, 0.717) is 16.0 Å². The Bertz CT molecular complexity index is 644. The van der Waals surface area contributed by atoms with Crippen molar-refractivity contribution in [2.45, 2.75) is 31.2 Å². The molecule has 20 heavy (non-hydrogen) atoms. The van der Waals surface area contributed by atoms with Gasteiger partial charge in [-0.05, 0) is 60.1 Å². The van der Waals surface area contributed by atoms with E-state index in [1.807, 2.05) is 36.4 Å². The van der Waals surface area contributed by atoms with E-state index in [-0.39, 0.29) is 16.5 Å². The molecule has 0 spiro atoms. The Balaban J connectivity index is 2.45. The van der Waals surface area contributed by atoms with Crippen LogP contribution in [-0.4, -0.2) is 36.4 Å². The molecule has 0 radical (unpaired) electrons. The molecule has 5 nitrogen and oxygen atoms in total. The van der Waals surface area contributed by atoms with Gasteiger partial charge < -0.3 is 5.11 Å². The maximum absolute atomic E-state index is 12.6. The number of benzene rings is 1. The molecule has 2 atom stereocenters. The predicted molar refractivity (Wildman–Crippen MR) is 83.3 cm³/mol. The number of hydrogen-bond acceptors (Lipinski definition) is 3. The molecule has 7 heteroatoms. The normalized spacial score (nSPS) is 23.9. The van der Waals surface area contributed by atoms with Gasteiger partial charge in [0, 0.05) is 16.2 Å². The Kier molecular flexibility index (Phi) is 4.41. The van der Waals surface area contributed by atoms with Crippen molar-refractivity contribution in [3.05, 3.63) is 27.3 Å². The van der Waals surface area contributed by atoms with E-state index in [9.17, 15) is 13.2 Å². The second kappa shape index (κ2) is 5.61. The van der Waals surface area contributed by atoms with Crippen molar-refractivity contribution < 1.29 is 18.3 Å². The van der Waals surface area contributed by atoms with Gasteiger partial charge in [-0.3, -0.25) is 0 Å². The molecule has 1 saturated heterocycles. The van der Waals surface area contributed by atoms with Gasteiger partial charge in [0.25, 0.3) is 0 Å². The van der Waals surface area contributed by atoms with Crippen molar-refractivity contribution in [1.82, 2.24) is 4.31 Å². The fourth-order valence-electron chi connectivity index (χ4n) is 2.56. The highest BCUT2D eigenvalue weighted by atomic mass is 127. The minimum atomic E-state index is -3.63. The SMILES string of the molecule is CC1CC(C)N(S(=O)(=O)c2ccc(I)c(C(=O)O)c2)C1. The highest BCUT2D eigenvalue weighted by Gasteiger charge is 2.36. The first-order valence-electron chi connectivity index (χ1n) is 6.28. The molecule has 110 valence electrons. The van der Waals surface area contributed by atoms with Crippen LogP contribution in [0.3, 0.4) is 0 Å². The van der Waals surface area contributed by atoms with Crippen molar-refractivity contribution in [3.8, 4) is 0 Å². The number of hydrogen-bond donors (Lipinski definition) is 1. The van der Waals surface area contributed by atoms with Gasteiger partial charge in [-0.25, -0.2) is 13.2 Å². The number of carbonyl (C=O) groups is 1. The largest absolute Gasteiger partial charge is 0.478 e. The lowest BCUT2D eigenvalue weighted by atomic mass is 10.1. The molecule has 0 aliphatic carbocycles. The second-order valence-electron chi connectivity index (χ2n) is 5.21. The zero-order valence-corrected chi connectivity index (χ0v) is 14.2. The van der Waals surface area contributed by atoms with Gasteiger partial charge in [0.2, 0.25) is 10.0 Å². The van der Waals surface area contributed by atoms with Crippen LogP contribution in [0, 0.1) is 9.49 Å². The Hall–Kier alpha value is -0.670. The Morgan fingerprint density at radius 2 is 2.05 bits per heavy atom. The number of nitrogens with zero attached hydrogens (tertiary/aromatic N) is 1. The Morgan fingerprint density at radius 3 is 2.55 bits per heavy atom. The third kappa shape index (κ3) is 2.84. The highest BCUT2D eigenvalue weighted by molar-refractivity contribution is 14.1. The van der Waals surface area contributed by atoms with Gasteiger partial charge in [-0.1, -0.05) is 6.92 Å². The van der Waals surface area contributed by atoms with Crippen LogP contribution >= 0.6 is 22.6 Å². The molecule has 1 aliphatic heterocycles. The van der Waals surface area contributed by atoms with E-state index in [1.54, 1.807) is 0 Å². The molecule has 0 saturated carbocycles.